The lowest BCUT2D eigenvalue weighted by Crippen LogP contribution is -2.40. The minimum Gasteiger partial charge on any atom is -0.354 e. The van der Waals surface area contributed by atoms with Gasteiger partial charge in [-0.25, -0.2) is 0 Å². The lowest BCUT2D eigenvalue weighted by atomic mass is 10.1. The summed E-state index contributed by atoms with van der Waals surface area (Å²) in [5.74, 6) is -1.65. The van der Waals surface area contributed by atoms with Gasteiger partial charge in [0.1, 0.15) is 6.54 Å². The maximum atomic E-state index is 12.0. The lowest BCUT2D eigenvalue weighted by molar-refractivity contribution is -0.122. The predicted octanol–water partition coefficient (Wildman–Crippen LogP) is 0.808. The van der Waals surface area contributed by atoms with E-state index in [0.717, 1.165) is 12.0 Å². The largest absolute Gasteiger partial charge is 0.354 e. The molecular formula is C15H15N3O3. The number of anilines is 1. The molecule has 0 aromatic heterocycles. The van der Waals surface area contributed by atoms with E-state index in [9.17, 15) is 14.4 Å². The highest BCUT2D eigenvalue weighted by molar-refractivity contribution is 6.52. The number of amides is 2. The highest BCUT2D eigenvalue weighted by Gasteiger charge is 2.36. The van der Waals surface area contributed by atoms with Crippen LogP contribution in [0.5, 0.6) is 0 Å². The van der Waals surface area contributed by atoms with Crippen LogP contribution in [0.25, 0.3) is 0 Å². The molecular weight excluding hydrogens is 270 g/mol. The van der Waals surface area contributed by atoms with Gasteiger partial charge in [-0.2, -0.15) is 5.26 Å². The van der Waals surface area contributed by atoms with Crippen LogP contribution in [0.15, 0.2) is 18.2 Å². The fourth-order valence-corrected chi connectivity index (χ4v) is 2.18. The van der Waals surface area contributed by atoms with E-state index in [-0.39, 0.29) is 25.4 Å². The topological polar surface area (TPSA) is 90.3 Å². The Kier molecular flexibility index (Phi) is 4.33. The molecule has 0 atom stereocenters. The summed E-state index contributed by atoms with van der Waals surface area (Å²) >= 11 is 0. The Labute approximate surface area is 122 Å². The summed E-state index contributed by atoms with van der Waals surface area (Å²) < 4.78 is 0. The van der Waals surface area contributed by atoms with Gasteiger partial charge in [-0.05, 0) is 24.1 Å². The Bertz CT molecular complexity index is 646. The monoisotopic (exact) mass is 285 g/mol. The van der Waals surface area contributed by atoms with E-state index in [1.807, 2.05) is 19.1 Å². The van der Waals surface area contributed by atoms with Crippen molar-refractivity contribution in [2.24, 2.45) is 0 Å². The lowest BCUT2D eigenvalue weighted by Gasteiger charge is -2.16. The van der Waals surface area contributed by atoms with Crippen molar-refractivity contribution in [3.63, 3.8) is 0 Å². The molecule has 0 unspecified atom stereocenters. The molecule has 0 saturated carbocycles. The minimum atomic E-state index is -0.686. The normalized spacial score (nSPS) is 13.0. The molecule has 6 nitrogen and oxygen atoms in total. The molecule has 1 aromatic rings. The zero-order chi connectivity index (χ0) is 15.4. The fourth-order valence-electron chi connectivity index (χ4n) is 2.18. The van der Waals surface area contributed by atoms with Crippen LogP contribution < -0.4 is 10.2 Å². The number of benzene rings is 1. The van der Waals surface area contributed by atoms with Crippen molar-refractivity contribution >= 4 is 23.3 Å². The number of hydrogen-bond acceptors (Lipinski definition) is 4. The van der Waals surface area contributed by atoms with Crippen LogP contribution in [0.4, 0.5) is 5.69 Å². The molecule has 0 aliphatic carbocycles. The first-order chi connectivity index (χ1) is 10.1. The Morgan fingerprint density at radius 3 is 2.81 bits per heavy atom. The van der Waals surface area contributed by atoms with E-state index in [4.69, 9.17) is 5.26 Å². The third-order valence-electron chi connectivity index (χ3n) is 3.30. The standard InChI is InChI=1S/C15H15N3O3/c1-2-10-4-5-12-11(8-10)14(20)15(21)18(12)9-13(19)17-7-3-6-16/h4-5,8H,2-3,7,9H2,1H3,(H,17,19). The molecule has 0 fully saturated rings. The number of Topliss-reactive ketones (excluding diaryl/α,β-unsaturated/α-hetero) is 1. The summed E-state index contributed by atoms with van der Waals surface area (Å²) in [6, 6.07) is 7.14. The molecule has 2 rings (SSSR count). The molecule has 21 heavy (non-hydrogen) atoms. The van der Waals surface area contributed by atoms with Gasteiger partial charge in [-0.3, -0.25) is 19.3 Å². The fraction of sp³-hybridized carbons (Fsp3) is 0.333. The van der Waals surface area contributed by atoms with Crippen LogP contribution in [0.1, 0.15) is 29.3 Å². The average molecular weight is 285 g/mol. The molecule has 6 heteroatoms. The maximum absolute atomic E-state index is 12.0. The van der Waals surface area contributed by atoms with Gasteiger partial charge < -0.3 is 5.32 Å². The number of aryl methyl sites for hydroxylation is 1. The second-order valence-electron chi connectivity index (χ2n) is 4.68. The number of hydrogen-bond donors (Lipinski definition) is 1. The summed E-state index contributed by atoms with van der Waals surface area (Å²) in [5, 5.41) is 10.9. The molecule has 0 radical (unpaired) electrons. The highest BCUT2D eigenvalue weighted by Crippen LogP contribution is 2.29. The van der Waals surface area contributed by atoms with Crippen LogP contribution in [0.2, 0.25) is 0 Å². The molecule has 1 N–H and O–H groups in total. The number of rotatable bonds is 5. The summed E-state index contributed by atoms with van der Waals surface area (Å²) in [6.07, 6.45) is 0.971. The Balaban J connectivity index is 2.16. The number of carbonyl (C=O) groups is 3. The molecule has 1 aliphatic rings. The van der Waals surface area contributed by atoms with Gasteiger partial charge in [0.2, 0.25) is 5.91 Å². The van der Waals surface area contributed by atoms with E-state index in [1.54, 1.807) is 12.1 Å². The van der Waals surface area contributed by atoms with Crippen LogP contribution in [-0.2, 0) is 16.0 Å². The van der Waals surface area contributed by atoms with Gasteiger partial charge in [0.25, 0.3) is 11.7 Å². The zero-order valence-corrected chi connectivity index (χ0v) is 11.7. The van der Waals surface area contributed by atoms with Crippen molar-refractivity contribution in [2.75, 3.05) is 18.0 Å². The summed E-state index contributed by atoms with van der Waals surface area (Å²) in [7, 11) is 0. The van der Waals surface area contributed by atoms with Gasteiger partial charge in [0.15, 0.2) is 0 Å². The molecule has 108 valence electrons. The molecule has 0 saturated heterocycles. The minimum absolute atomic E-state index is 0.203. The van der Waals surface area contributed by atoms with Crippen molar-refractivity contribution in [1.82, 2.24) is 5.32 Å². The van der Waals surface area contributed by atoms with E-state index >= 15 is 0 Å². The number of ketones is 1. The molecule has 0 spiro atoms. The van der Waals surface area contributed by atoms with Gasteiger partial charge in [-0.15, -0.1) is 0 Å². The Morgan fingerprint density at radius 2 is 2.14 bits per heavy atom. The Hall–Kier alpha value is -2.68. The maximum Gasteiger partial charge on any atom is 0.299 e. The first-order valence-corrected chi connectivity index (χ1v) is 6.71. The highest BCUT2D eigenvalue weighted by atomic mass is 16.2. The Morgan fingerprint density at radius 1 is 1.38 bits per heavy atom. The number of fused-ring (bicyclic) bond motifs is 1. The summed E-state index contributed by atoms with van der Waals surface area (Å²) in [4.78, 5) is 36.8. The quantitative estimate of drug-likeness (QED) is 0.640. The van der Waals surface area contributed by atoms with Crippen molar-refractivity contribution in [1.29, 1.82) is 5.26 Å². The van der Waals surface area contributed by atoms with E-state index in [0.29, 0.717) is 11.3 Å². The molecule has 1 aliphatic heterocycles. The van der Waals surface area contributed by atoms with E-state index in [1.165, 1.54) is 4.90 Å². The van der Waals surface area contributed by atoms with Crippen molar-refractivity contribution < 1.29 is 14.4 Å². The van der Waals surface area contributed by atoms with Gasteiger partial charge in [0, 0.05) is 6.54 Å². The first kappa shape index (κ1) is 14.7. The number of nitriles is 1. The van der Waals surface area contributed by atoms with Crippen molar-refractivity contribution in [3.05, 3.63) is 29.3 Å². The third-order valence-corrected chi connectivity index (χ3v) is 3.30. The average Bonchev–Trinajstić information content (AvgIpc) is 2.72. The molecule has 1 aromatic carbocycles. The number of nitrogens with one attached hydrogen (secondary N) is 1. The number of carbonyl (C=O) groups excluding carboxylic acids is 3. The van der Waals surface area contributed by atoms with E-state index in [2.05, 4.69) is 5.32 Å². The van der Waals surface area contributed by atoms with Crippen LogP contribution in [-0.4, -0.2) is 30.7 Å². The molecule has 2 amide bonds. The zero-order valence-electron chi connectivity index (χ0n) is 11.7. The number of nitrogens with zero attached hydrogens (tertiary/aromatic N) is 2. The van der Waals surface area contributed by atoms with Gasteiger partial charge in [0.05, 0.1) is 23.7 Å². The van der Waals surface area contributed by atoms with E-state index < -0.39 is 11.7 Å². The van der Waals surface area contributed by atoms with Crippen molar-refractivity contribution in [3.8, 4) is 6.07 Å². The first-order valence-electron chi connectivity index (χ1n) is 6.71. The summed E-state index contributed by atoms with van der Waals surface area (Å²) in [5.41, 5.74) is 1.79. The van der Waals surface area contributed by atoms with Gasteiger partial charge >= 0.3 is 0 Å². The molecule has 0 bridgehead atoms. The van der Waals surface area contributed by atoms with Crippen LogP contribution in [0, 0.1) is 11.3 Å². The van der Waals surface area contributed by atoms with Gasteiger partial charge in [-0.1, -0.05) is 13.0 Å². The summed E-state index contributed by atoms with van der Waals surface area (Å²) in [6.45, 7) is 1.98. The van der Waals surface area contributed by atoms with Crippen LogP contribution in [0.3, 0.4) is 0 Å². The smallest absolute Gasteiger partial charge is 0.299 e. The second kappa shape index (κ2) is 6.18. The van der Waals surface area contributed by atoms with Crippen LogP contribution >= 0.6 is 0 Å². The van der Waals surface area contributed by atoms with Crippen molar-refractivity contribution in [2.45, 2.75) is 19.8 Å². The predicted molar refractivity (Wildman–Crippen MR) is 75.7 cm³/mol. The molecule has 1 heterocycles. The second-order valence-corrected chi connectivity index (χ2v) is 4.68. The SMILES string of the molecule is CCc1ccc2c(c1)C(=O)C(=O)N2CC(=O)NCCC#N. The third kappa shape index (κ3) is 2.92.